The third-order valence-corrected chi connectivity index (χ3v) is 18.4. The number of fused-ring (bicyclic) bond motifs is 1. The molecule has 113 heavy (non-hydrogen) atoms. The number of aromatic nitrogens is 1. The summed E-state index contributed by atoms with van der Waals surface area (Å²) in [5.74, 6) is -19.9. The van der Waals surface area contributed by atoms with Crippen LogP contribution in [0.4, 0.5) is 0 Å². The van der Waals surface area contributed by atoms with Crippen LogP contribution in [0.5, 0.6) is 0 Å². The van der Waals surface area contributed by atoms with Crippen LogP contribution in [0.2, 0.25) is 0 Å². The summed E-state index contributed by atoms with van der Waals surface area (Å²) >= 11 is 0. The number of ether oxygens (including phenoxy) is 1. The van der Waals surface area contributed by atoms with E-state index in [4.69, 9.17) is 27.7 Å². The van der Waals surface area contributed by atoms with Crippen LogP contribution < -0.4 is 76.1 Å². The number of benzene rings is 2. The summed E-state index contributed by atoms with van der Waals surface area (Å²) in [6.45, 7) is 6.91. The standard InChI is InChI=1S/C73H111N17O21.2ClH/c1-38(2)17-14-20-43-32-56(94)80-53(37-92)69(106)88-59(61(98)62(77)99)71(108)87-52(36-91)63(100)79-35-57(95)89(7)54(30-41-18-10-9-11-19-41)70(107)86-49(29-39(3)4)66(103)81-46(23-15-27-74)64(101)82-47(25-26-58(96)97)65(102)85-51(33-55(76)93)68(105)84-50(31-42-34-78-45-22-13-12-21-44(42)45)67(104)83-48(24-16-28-75)72(109)90(8)60(40(5)6)73(110)111-43;;/h9-13,18-19,21-22,34,38-40,43,46-54,59-61,78,91-92,98H,14-17,20,23-33,35-37,74-75H2,1-8H3,(H2,76,93)(H2,77,99)(H,79,100)(H,80,94)(H,81,103)(H,82,101)(H,83,104)(H,84,105)(H,85,102)(H,86,107)(H,87,108)(H,88,106)(H,96,97);2*1H/t43-,46?,47?,48-,49+,50?,51-,52?,53+,54?,59-,60?,61-;;/m1../s1. The van der Waals surface area contributed by atoms with E-state index in [9.17, 15) is 92.3 Å². The van der Waals surface area contributed by atoms with Gasteiger partial charge in [-0.05, 0) is 99.4 Å². The van der Waals surface area contributed by atoms with Gasteiger partial charge in [-0.25, -0.2) is 4.79 Å². The second kappa shape index (κ2) is 49.4. The number of aliphatic hydroxyl groups is 3. The highest BCUT2D eigenvalue weighted by Gasteiger charge is 2.42. The summed E-state index contributed by atoms with van der Waals surface area (Å²) < 4.78 is 6.01. The summed E-state index contributed by atoms with van der Waals surface area (Å²) in [6, 6.07) is -4.44. The van der Waals surface area contributed by atoms with Gasteiger partial charge < -0.3 is 116 Å². The molecule has 1 fully saturated rings. The van der Waals surface area contributed by atoms with Crippen LogP contribution in [-0.4, -0.2) is 255 Å². The lowest BCUT2D eigenvalue weighted by atomic mass is 9.99. The second-order valence-electron chi connectivity index (χ2n) is 28.6. The number of para-hydroxylation sites is 1. The molecule has 0 radical (unpaired) electrons. The van der Waals surface area contributed by atoms with Crippen molar-refractivity contribution < 1.29 is 102 Å². The number of halogens is 2. The van der Waals surface area contributed by atoms with Gasteiger partial charge in [0.15, 0.2) is 6.10 Å². The Morgan fingerprint density at radius 3 is 1.64 bits per heavy atom. The maximum atomic E-state index is 15.1. The first-order valence-corrected chi connectivity index (χ1v) is 36.9. The van der Waals surface area contributed by atoms with Gasteiger partial charge in [0.05, 0.1) is 32.6 Å². The number of amides is 14. The molecule has 14 amide bonds. The van der Waals surface area contributed by atoms with E-state index >= 15 is 4.79 Å². The Morgan fingerprint density at radius 2 is 1.07 bits per heavy atom. The number of aliphatic carboxylic acids is 1. The van der Waals surface area contributed by atoms with Crippen LogP contribution in [0.1, 0.15) is 130 Å². The van der Waals surface area contributed by atoms with Crippen molar-refractivity contribution in [2.45, 2.75) is 210 Å². The number of cyclic esters (lactones) is 1. The fraction of sp³-hybridized carbons (Fsp3) is 0.589. The molecule has 630 valence electrons. The van der Waals surface area contributed by atoms with Gasteiger partial charge in [-0.2, -0.15) is 0 Å². The summed E-state index contributed by atoms with van der Waals surface area (Å²) in [5, 5.41) is 66.0. The van der Waals surface area contributed by atoms with E-state index < -0.39 is 225 Å². The molecule has 1 aromatic heterocycles. The van der Waals surface area contributed by atoms with E-state index in [2.05, 4.69) is 47.5 Å². The molecule has 0 aliphatic carbocycles. The van der Waals surface area contributed by atoms with Gasteiger partial charge in [0.1, 0.15) is 72.6 Å². The minimum atomic E-state index is -2.59. The first-order chi connectivity index (χ1) is 52.4. The van der Waals surface area contributed by atoms with Gasteiger partial charge in [-0.1, -0.05) is 96.5 Å². The third-order valence-electron chi connectivity index (χ3n) is 18.4. The van der Waals surface area contributed by atoms with Crippen LogP contribution in [0.25, 0.3) is 10.9 Å². The number of esters is 1. The minimum absolute atomic E-state index is 0. The van der Waals surface area contributed by atoms with Gasteiger partial charge in [0.25, 0.3) is 0 Å². The summed E-state index contributed by atoms with van der Waals surface area (Å²) in [6.07, 6.45) is -5.48. The SMILES string of the molecule is CC(C)CCC[C@@H]1CC(=O)N[C@@H](CO)C(=O)N[C@H]([C@@H](O)C(N)=O)C(=O)NC(CO)C(=O)NCC(=O)N(C)C(Cc2ccccc2)C(=O)N[C@@H](CC(C)C)C(=O)NC(CCCN)C(=O)NC(CCC(=O)O)C(=O)N[C@H](CC(N)=O)C(=O)NC(Cc2c[nH]c3ccccc23)C(=O)N[C@H](CCCN)C(=O)N(C)C(C(C)C)C(=O)O1.Cl.Cl. The Morgan fingerprint density at radius 1 is 0.558 bits per heavy atom. The van der Waals surface area contributed by atoms with E-state index in [1.165, 1.54) is 14.1 Å². The summed E-state index contributed by atoms with van der Waals surface area (Å²) in [5.41, 5.74) is 24.4. The monoisotopic (exact) mass is 1630 g/mol. The van der Waals surface area contributed by atoms with Crippen LogP contribution in [0, 0.1) is 17.8 Å². The van der Waals surface area contributed by atoms with Gasteiger partial charge in [0.2, 0.25) is 82.7 Å². The van der Waals surface area contributed by atoms with E-state index in [1.807, 2.05) is 24.5 Å². The molecule has 1 saturated heterocycles. The molecule has 0 bridgehead atoms. The zero-order valence-electron chi connectivity index (χ0n) is 64.7. The van der Waals surface area contributed by atoms with Crippen molar-refractivity contribution in [2.75, 3.05) is 46.9 Å². The lowest BCUT2D eigenvalue weighted by molar-refractivity contribution is -0.162. The fourth-order valence-corrected chi connectivity index (χ4v) is 12.3. The highest BCUT2D eigenvalue weighted by Crippen LogP contribution is 2.23. The van der Waals surface area contributed by atoms with Gasteiger partial charge in [-0.15, -0.1) is 24.8 Å². The Bertz CT molecular complexity index is 3720. The molecular weight excluding hydrogens is 1520 g/mol. The molecule has 2 aromatic carbocycles. The highest BCUT2D eigenvalue weighted by atomic mass is 35.5. The molecule has 13 atom stereocenters. The number of carbonyl (C=O) groups is 16. The van der Waals surface area contributed by atoms with Crippen LogP contribution in [0.15, 0.2) is 60.8 Å². The number of aliphatic hydroxyl groups excluding tert-OH is 3. The molecular formula is C73H113Cl2N17O21. The van der Waals surface area contributed by atoms with Gasteiger partial charge in [-0.3, -0.25) is 71.9 Å². The average molecular weight is 1640 g/mol. The summed E-state index contributed by atoms with van der Waals surface area (Å²) in [7, 11) is 2.44. The predicted octanol–water partition coefficient (Wildman–Crippen LogP) is -4.18. The molecule has 40 heteroatoms. The number of nitrogens with zero attached hydrogens (tertiary/aromatic N) is 2. The van der Waals surface area contributed by atoms with Crippen LogP contribution in [0.3, 0.4) is 0 Å². The second-order valence-corrected chi connectivity index (χ2v) is 28.6. The Kier molecular flexibility index (Phi) is 43.3. The average Bonchev–Trinajstić information content (AvgIpc) is 1.78. The van der Waals surface area contributed by atoms with Crippen LogP contribution in [-0.2, 0) is 94.3 Å². The van der Waals surface area contributed by atoms with Crippen molar-refractivity contribution in [3.05, 3.63) is 71.9 Å². The number of likely N-dealkylation sites (N-methyl/N-ethyl adjacent to an activating group) is 2. The number of aromatic amines is 1. The Balaban J connectivity index is 0.0000217. The highest BCUT2D eigenvalue weighted by molar-refractivity contribution is 6.01. The number of nitrogens with two attached hydrogens (primary N) is 4. The molecule has 3 aromatic rings. The number of primary amides is 2. The van der Waals surface area contributed by atoms with E-state index in [1.54, 1.807) is 88.5 Å². The molecule has 0 spiro atoms. The Labute approximate surface area is 666 Å². The minimum Gasteiger partial charge on any atom is -0.481 e. The van der Waals surface area contributed by atoms with E-state index in [0.717, 1.165) is 9.80 Å². The molecule has 0 saturated carbocycles. The fourth-order valence-electron chi connectivity index (χ4n) is 12.3. The first kappa shape index (κ1) is 99.0. The number of H-pyrrole nitrogens is 1. The largest absolute Gasteiger partial charge is 0.481 e. The normalized spacial score (nSPS) is 23.8. The predicted molar refractivity (Wildman–Crippen MR) is 414 cm³/mol. The lowest BCUT2D eigenvalue weighted by Gasteiger charge is -2.34. The zero-order valence-corrected chi connectivity index (χ0v) is 66.3. The van der Waals surface area contributed by atoms with E-state index in [0.29, 0.717) is 34.9 Å². The van der Waals surface area contributed by atoms with Crippen LogP contribution >= 0.6 is 24.8 Å². The number of nitrogens with one attached hydrogen (secondary N) is 11. The van der Waals surface area contributed by atoms with Gasteiger partial charge >= 0.3 is 11.9 Å². The maximum absolute atomic E-state index is 15.1. The number of hydrogen-bond donors (Lipinski definition) is 19. The molecule has 6 unspecified atom stereocenters. The molecule has 2 heterocycles. The topological polar surface area (TPSA) is 610 Å². The smallest absolute Gasteiger partial charge is 0.329 e. The van der Waals surface area contributed by atoms with E-state index in [-0.39, 0.29) is 101 Å². The first-order valence-electron chi connectivity index (χ1n) is 36.9. The third kappa shape index (κ3) is 32.1. The van der Waals surface area contributed by atoms with Gasteiger partial charge in [0, 0.05) is 50.5 Å². The van der Waals surface area contributed by atoms with Crippen molar-refractivity contribution in [3.8, 4) is 0 Å². The van der Waals surface area contributed by atoms with Crippen molar-refractivity contribution in [3.63, 3.8) is 0 Å². The molecule has 1 aliphatic heterocycles. The zero-order chi connectivity index (χ0) is 82.9. The lowest BCUT2D eigenvalue weighted by Crippen LogP contribution is -2.63. The number of rotatable bonds is 26. The quantitative estimate of drug-likeness (QED) is 0.0339. The molecule has 4 rings (SSSR count). The molecule has 23 N–H and O–H groups in total. The number of carboxylic acids is 1. The van der Waals surface area contributed by atoms with Crippen molar-refractivity contribution in [1.82, 2.24) is 68.0 Å². The number of hydrogen-bond acceptors (Lipinski definition) is 22. The molecule has 1 aliphatic rings. The van der Waals surface area contributed by atoms with Crippen molar-refractivity contribution in [2.24, 2.45) is 40.7 Å². The van der Waals surface area contributed by atoms with Crippen molar-refractivity contribution in [1.29, 1.82) is 0 Å². The maximum Gasteiger partial charge on any atom is 0.329 e. The number of carboxylic acid groups (broad SMARTS) is 1. The summed E-state index contributed by atoms with van der Waals surface area (Å²) in [4.78, 5) is 230. The number of carbonyl (C=O) groups excluding carboxylic acids is 15. The van der Waals surface area contributed by atoms with Crippen molar-refractivity contribution >= 4 is 130 Å². The molecule has 38 nitrogen and oxygen atoms in total. The Hall–Kier alpha value is -10.1.